The molecule has 0 radical (unpaired) electrons. The Bertz CT molecular complexity index is 1120. The Labute approximate surface area is 141 Å². The third kappa shape index (κ3) is 1.28. The molecular formula is C24H16. The van der Waals surface area contributed by atoms with Gasteiger partial charge in [-0.3, -0.25) is 0 Å². The predicted molar refractivity (Wildman–Crippen MR) is 101 cm³/mol. The molecule has 6 rings (SSSR count). The number of allylic oxidation sites excluding steroid dienone is 5. The zero-order valence-electron chi connectivity index (χ0n) is 13.3. The van der Waals surface area contributed by atoms with Gasteiger partial charge in [-0.25, -0.2) is 0 Å². The monoisotopic (exact) mass is 304 g/mol. The zero-order valence-corrected chi connectivity index (χ0v) is 13.3. The average Bonchev–Trinajstić information content (AvgIpc) is 2.65. The number of hydrogen-bond acceptors (Lipinski definition) is 0. The number of benzene rings is 3. The molecule has 0 nitrogen and oxygen atoms in total. The highest BCUT2D eigenvalue weighted by molar-refractivity contribution is 6.05. The van der Waals surface area contributed by atoms with Gasteiger partial charge in [0.2, 0.25) is 0 Å². The van der Waals surface area contributed by atoms with Gasteiger partial charge < -0.3 is 0 Å². The first-order chi connectivity index (χ1) is 11.9. The molecule has 0 saturated carbocycles. The molecule has 0 fully saturated rings. The molecule has 0 heteroatoms. The fourth-order valence-electron chi connectivity index (χ4n) is 5.03. The molecule has 3 aromatic rings. The smallest absolute Gasteiger partial charge is 0.0504 e. The summed E-state index contributed by atoms with van der Waals surface area (Å²) in [4.78, 5) is 0. The highest BCUT2D eigenvalue weighted by Crippen LogP contribution is 2.57. The quantitative estimate of drug-likeness (QED) is 0.476. The van der Waals surface area contributed by atoms with E-state index >= 15 is 0 Å². The second-order valence-electron chi connectivity index (χ2n) is 6.97. The molecule has 3 aliphatic carbocycles. The maximum atomic E-state index is 2.34. The topological polar surface area (TPSA) is 0 Å². The number of fused-ring (bicyclic) bond motifs is 1. The van der Waals surface area contributed by atoms with Crippen LogP contribution in [0, 0.1) is 0 Å². The summed E-state index contributed by atoms with van der Waals surface area (Å²) < 4.78 is 0. The first-order valence-corrected chi connectivity index (χ1v) is 8.61. The van der Waals surface area contributed by atoms with Crippen molar-refractivity contribution in [3.63, 3.8) is 0 Å². The van der Waals surface area contributed by atoms with Crippen LogP contribution in [-0.2, 0) is 5.41 Å². The van der Waals surface area contributed by atoms with Crippen LogP contribution in [0.4, 0.5) is 0 Å². The van der Waals surface area contributed by atoms with Crippen molar-refractivity contribution in [1.29, 1.82) is 0 Å². The van der Waals surface area contributed by atoms with Crippen molar-refractivity contribution in [2.75, 3.05) is 0 Å². The van der Waals surface area contributed by atoms with Crippen LogP contribution in [0.1, 0.15) is 23.1 Å². The SMILES string of the molecule is C1=CCC23C(=C1)C=Cc1cccc(c12)-c1cccc2cccc3c12. The number of hydrogen-bond donors (Lipinski definition) is 0. The van der Waals surface area contributed by atoms with Gasteiger partial charge in [0.05, 0.1) is 5.41 Å². The van der Waals surface area contributed by atoms with Crippen molar-refractivity contribution in [3.8, 4) is 11.1 Å². The van der Waals surface area contributed by atoms with Crippen LogP contribution in [0.3, 0.4) is 0 Å². The molecule has 0 amide bonds. The van der Waals surface area contributed by atoms with Crippen LogP contribution in [0.15, 0.2) is 84.5 Å². The van der Waals surface area contributed by atoms with E-state index in [1.54, 1.807) is 0 Å². The fourth-order valence-corrected chi connectivity index (χ4v) is 5.03. The summed E-state index contributed by atoms with van der Waals surface area (Å²) in [7, 11) is 0. The lowest BCUT2D eigenvalue weighted by Gasteiger charge is -2.45. The second-order valence-corrected chi connectivity index (χ2v) is 6.97. The van der Waals surface area contributed by atoms with Crippen LogP contribution < -0.4 is 0 Å². The summed E-state index contributed by atoms with van der Waals surface area (Å²) in [6.45, 7) is 0. The predicted octanol–water partition coefficient (Wildman–Crippen LogP) is 6.02. The molecule has 0 bridgehead atoms. The molecule has 3 aromatic carbocycles. The molecule has 1 unspecified atom stereocenters. The standard InChI is InChI=1S/C24H16/c1-2-15-24-18(9-1)14-13-17-8-4-11-20(23(17)24)19-10-3-6-16-7-5-12-21(24)22(16)19/h1-14H,15H2. The summed E-state index contributed by atoms with van der Waals surface area (Å²) in [6.07, 6.45) is 12.5. The molecule has 0 saturated heterocycles. The molecule has 112 valence electrons. The van der Waals surface area contributed by atoms with E-state index < -0.39 is 0 Å². The third-order valence-electron chi connectivity index (χ3n) is 5.95. The highest BCUT2D eigenvalue weighted by atomic mass is 14.5. The molecular weight excluding hydrogens is 288 g/mol. The van der Waals surface area contributed by atoms with Crippen LogP contribution >= 0.6 is 0 Å². The van der Waals surface area contributed by atoms with E-state index in [0.29, 0.717) is 0 Å². The van der Waals surface area contributed by atoms with Crippen molar-refractivity contribution in [1.82, 2.24) is 0 Å². The Morgan fingerprint density at radius 1 is 0.792 bits per heavy atom. The normalized spacial score (nSPS) is 22.1. The van der Waals surface area contributed by atoms with Gasteiger partial charge in [0, 0.05) is 0 Å². The zero-order chi connectivity index (χ0) is 15.7. The van der Waals surface area contributed by atoms with E-state index in [1.165, 1.54) is 44.2 Å². The second kappa shape index (κ2) is 4.15. The van der Waals surface area contributed by atoms with Gasteiger partial charge in [-0.15, -0.1) is 0 Å². The molecule has 3 aliphatic rings. The first kappa shape index (κ1) is 12.5. The summed E-state index contributed by atoms with van der Waals surface area (Å²) in [6, 6.07) is 20.3. The minimum absolute atomic E-state index is 0.0245. The van der Waals surface area contributed by atoms with Crippen LogP contribution in [0.2, 0.25) is 0 Å². The van der Waals surface area contributed by atoms with Gasteiger partial charge in [0.1, 0.15) is 0 Å². The van der Waals surface area contributed by atoms with Crippen molar-refractivity contribution < 1.29 is 0 Å². The van der Waals surface area contributed by atoms with Crippen LogP contribution in [-0.4, -0.2) is 0 Å². The minimum Gasteiger partial charge on any atom is -0.0830 e. The van der Waals surface area contributed by atoms with Crippen molar-refractivity contribution in [3.05, 3.63) is 101 Å². The molecule has 0 heterocycles. The maximum Gasteiger partial charge on any atom is 0.0504 e. The van der Waals surface area contributed by atoms with E-state index in [9.17, 15) is 0 Å². The van der Waals surface area contributed by atoms with E-state index in [4.69, 9.17) is 0 Å². The van der Waals surface area contributed by atoms with Gasteiger partial charge in [0.25, 0.3) is 0 Å². The van der Waals surface area contributed by atoms with Gasteiger partial charge in [-0.05, 0) is 50.6 Å². The average molecular weight is 304 g/mol. The van der Waals surface area contributed by atoms with E-state index in [1.807, 2.05) is 0 Å². The Balaban J connectivity index is 1.92. The molecule has 0 aromatic heterocycles. The van der Waals surface area contributed by atoms with E-state index in [0.717, 1.165) is 6.42 Å². The lowest BCUT2D eigenvalue weighted by molar-refractivity contribution is 0.618. The molecule has 1 atom stereocenters. The van der Waals surface area contributed by atoms with Gasteiger partial charge in [0.15, 0.2) is 0 Å². The first-order valence-electron chi connectivity index (χ1n) is 8.61. The molecule has 0 aliphatic heterocycles. The van der Waals surface area contributed by atoms with E-state index in [2.05, 4.69) is 85.0 Å². The van der Waals surface area contributed by atoms with Crippen molar-refractivity contribution >= 4 is 16.8 Å². The van der Waals surface area contributed by atoms with Gasteiger partial charge in [-0.1, -0.05) is 85.0 Å². The minimum atomic E-state index is -0.0245. The Hall–Kier alpha value is -2.86. The molecule has 24 heavy (non-hydrogen) atoms. The Morgan fingerprint density at radius 3 is 2.58 bits per heavy atom. The highest BCUT2D eigenvalue weighted by Gasteiger charge is 2.45. The fraction of sp³-hybridized carbons (Fsp3) is 0.0833. The summed E-state index contributed by atoms with van der Waals surface area (Å²) in [5, 5.41) is 2.78. The van der Waals surface area contributed by atoms with Gasteiger partial charge in [-0.2, -0.15) is 0 Å². The van der Waals surface area contributed by atoms with Crippen molar-refractivity contribution in [2.24, 2.45) is 0 Å². The Morgan fingerprint density at radius 2 is 1.62 bits per heavy atom. The molecule has 1 spiro atoms. The summed E-state index contributed by atoms with van der Waals surface area (Å²) in [5.41, 5.74) is 8.52. The summed E-state index contributed by atoms with van der Waals surface area (Å²) in [5.74, 6) is 0. The van der Waals surface area contributed by atoms with Crippen LogP contribution in [0.5, 0.6) is 0 Å². The van der Waals surface area contributed by atoms with Gasteiger partial charge >= 0.3 is 0 Å². The third-order valence-corrected chi connectivity index (χ3v) is 5.95. The Kier molecular flexibility index (Phi) is 2.17. The lowest BCUT2D eigenvalue weighted by Crippen LogP contribution is -2.35. The number of rotatable bonds is 0. The summed E-state index contributed by atoms with van der Waals surface area (Å²) >= 11 is 0. The largest absolute Gasteiger partial charge is 0.0830 e. The van der Waals surface area contributed by atoms with E-state index in [-0.39, 0.29) is 5.41 Å². The lowest BCUT2D eigenvalue weighted by atomic mass is 9.57. The molecule has 0 N–H and O–H groups in total. The maximum absolute atomic E-state index is 2.34. The van der Waals surface area contributed by atoms with Crippen molar-refractivity contribution in [2.45, 2.75) is 11.8 Å². The van der Waals surface area contributed by atoms with Crippen LogP contribution in [0.25, 0.3) is 28.0 Å².